The third-order valence-corrected chi connectivity index (χ3v) is 5.01. The number of fused-ring (bicyclic) bond motifs is 1. The maximum atomic E-state index is 11.6. The standard InChI is InChI=1S/C19H21BrO4/c1-19(18(21)22-2)11-17(12-19)24-8-7-23-16-6-4-13-9-15(20)5-3-14(13)10-16/h3-6,9-10,17H,7-8,11-12H2,1-2H3/t17-,19+. The fourth-order valence-corrected chi connectivity index (χ4v) is 3.51. The summed E-state index contributed by atoms with van der Waals surface area (Å²) >= 11 is 3.47. The summed E-state index contributed by atoms with van der Waals surface area (Å²) in [6.45, 7) is 2.93. The van der Waals surface area contributed by atoms with E-state index in [0.29, 0.717) is 26.1 Å². The van der Waals surface area contributed by atoms with Crippen molar-refractivity contribution in [3.63, 3.8) is 0 Å². The van der Waals surface area contributed by atoms with E-state index < -0.39 is 0 Å². The smallest absolute Gasteiger partial charge is 0.311 e. The Balaban J connectivity index is 1.43. The molecule has 3 rings (SSSR count). The SMILES string of the molecule is COC(=O)[C@]1(C)C[C@H](OCCOc2ccc3cc(Br)ccc3c2)C1. The van der Waals surface area contributed by atoms with Crippen molar-refractivity contribution >= 4 is 32.7 Å². The van der Waals surface area contributed by atoms with E-state index in [2.05, 4.69) is 28.1 Å². The number of hydrogen-bond acceptors (Lipinski definition) is 4. The van der Waals surface area contributed by atoms with Gasteiger partial charge in [0, 0.05) is 4.47 Å². The van der Waals surface area contributed by atoms with Gasteiger partial charge in [-0.15, -0.1) is 0 Å². The van der Waals surface area contributed by atoms with Crippen molar-refractivity contribution in [2.24, 2.45) is 5.41 Å². The number of ether oxygens (including phenoxy) is 3. The van der Waals surface area contributed by atoms with Gasteiger partial charge in [-0.3, -0.25) is 4.79 Å². The molecule has 1 aliphatic rings. The molecule has 0 aromatic heterocycles. The highest BCUT2D eigenvalue weighted by atomic mass is 79.9. The van der Waals surface area contributed by atoms with Crippen LogP contribution < -0.4 is 4.74 Å². The quantitative estimate of drug-likeness (QED) is 0.541. The second kappa shape index (κ2) is 7.11. The fourth-order valence-electron chi connectivity index (χ4n) is 3.13. The predicted octanol–water partition coefficient (Wildman–Crippen LogP) is 4.34. The van der Waals surface area contributed by atoms with Gasteiger partial charge in [0.2, 0.25) is 0 Å². The molecule has 1 aliphatic carbocycles. The number of esters is 1. The van der Waals surface area contributed by atoms with Crippen molar-refractivity contribution in [1.29, 1.82) is 0 Å². The largest absolute Gasteiger partial charge is 0.491 e. The van der Waals surface area contributed by atoms with Gasteiger partial charge in [0.05, 0.1) is 25.2 Å². The Kier molecular flexibility index (Phi) is 5.11. The summed E-state index contributed by atoms with van der Waals surface area (Å²) in [5.74, 6) is 0.683. The highest BCUT2D eigenvalue weighted by Gasteiger charge is 2.47. The topological polar surface area (TPSA) is 44.8 Å². The van der Waals surface area contributed by atoms with E-state index in [4.69, 9.17) is 14.2 Å². The number of halogens is 1. The minimum atomic E-state index is -0.382. The molecule has 0 heterocycles. The zero-order valence-corrected chi connectivity index (χ0v) is 15.5. The second-order valence-corrected chi connectivity index (χ2v) is 7.37. The maximum Gasteiger partial charge on any atom is 0.311 e. The highest BCUT2D eigenvalue weighted by molar-refractivity contribution is 9.10. The average molecular weight is 393 g/mol. The first kappa shape index (κ1) is 17.2. The van der Waals surface area contributed by atoms with Gasteiger partial charge in [-0.05, 0) is 54.8 Å². The second-order valence-electron chi connectivity index (χ2n) is 6.46. The number of carbonyl (C=O) groups excluding carboxylic acids is 1. The van der Waals surface area contributed by atoms with E-state index in [1.807, 2.05) is 31.2 Å². The number of rotatable bonds is 6. The summed E-state index contributed by atoms with van der Waals surface area (Å²) in [7, 11) is 1.43. The normalized spacial score (nSPS) is 22.9. The molecule has 0 unspecified atom stereocenters. The average Bonchev–Trinajstić information content (AvgIpc) is 2.55. The van der Waals surface area contributed by atoms with Gasteiger partial charge in [-0.1, -0.05) is 28.1 Å². The summed E-state index contributed by atoms with van der Waals surface area (Å²) in [5.41, 5.74) is -0.382. The molecule has 0 atom stereocenters. The van der Waals surface area contributed by atoms with Crippen LogP contribution in [0.15, 0.2) is 40.9 Å². The highest BCUT2D eigenvalue weighted by Crippen LogP contribution is 2.43. The molecule has 2 aromatic rings. The summed E-state index contributed by atoms with van der Waals surface area (Å²) in [5, 5.41) is 2.31. The van der Waals surface area contributed by atoms with Crippen LogP contribution in [0.5, 0.6) is 5.75 Å². The van der Waals surface area contributed by atoms with Gasteiger partial charge in [-0.25, -0.2) is 0 Å². The summed E-state index contributed by atoms with van der Waals surface area (Å²) in [4.78, 5) is 11.6. The van der Waals surface area contributed by atoms with Crippen molar-refractivity contribution in [1.82, 2.24) is 0 Å². The number of methoxy groups -OCH3 is 1. The van der Waals surface area contributed by atoms with Crippen LogP contribution in [0.2, 0.25) is 0 Å². The Morgan fingerprint density at radius 1 is 1.17 bits per heavy atom. The molecule has 128 valence electrons. The van der Waals surface area contributed by atoms with E-state index in [9.17, 15) is 4.79 Å². The van der Waals surface area contributed by atoms with E-state index in [1.54, 1.807) is 0 Å². The van der Waals surface area contributed by atoms with Crippen molar-refractivity contribution in [3.05, 3.63) is 40.9 Å². The lowest BCUT2D eigenvalue weighted by molar-refractivity contribution is -0.168. The molecule has 0 spiro atoms. The van der Waals surface area contributed by atoms with Crippen LogP contribution in [-0.4, -0.2) is 32.4 Å². The van der Waals surface area contributed by atoms with Crippen LogP contribution in [0.25, 0.3) is 10.8 Å². The van der Waals surface area contributed by atoms with Gasteiger partial charge in [0.25, 0.3) is 0 Å². The molecule has 24 heavy (non-hydrogen) atoms. The predicted molar refractivity (Wildman–Crippen MR) is 96.2 cm³/mol. The lowest BCUT2D eigenvalue weighted by Crippen LogP contribution is -2.46. The van der Waals surface area contributed by atoms with Crippen molar-refractivity contribution in [3.8, 4) is 5.75 Å². The lowest BCUT2D eigenvalue weighted by Gasteiger charge is -2.42. The van der Waals surface area contributed by atoms with E-state index in [-0.39, 0.29) is 17.5 Å². The van der Waals surface area contributed by atoms with Crippen molar-refractivity contribution < 1.29 is 19.0 Å². The minimum Gasteiger partial charge on any atom is -0.491 e. The Hall–Kier alpha value is -1.59. The van der Waals surface area contributed by atoms with E-state index in [1.165, 1.54) is 12.5 Å². The van der Waals surface area contributed by atoms with Crippen molar-refractivity contribution in [2.75, 3.05) is 20.3 Å². The summed E-state index contributed by atoms with van der Waals surface area (Å²) < 4.78 is 17.4. The van der Waals surface area contributed by atoms with Gasteiger partial charge < -0.3 is 14.2 Å². The van der Waals surface area contributed by atoms with Gasteiger partial charge in [0.1, 0.15) is 12.4 Å². The first-order valence-corrected chi connectivity index (χ1v) is 8.82. The first-order valence-electron chi connectivity index (χ1n) is 8.02. The molecule has 0 aliphatic heterocycles. The van der Waals surface area contributed by atoms with E-state index >= 15 is 0 Å². The van der Waals surface area contributed by atoms with Crippen LogP contribution in [0.4, 0.5) is 0 Å². The molecule has 0 bridgehead atoms. The molecule has 4 nitrogen and oxygen atoms in total. The third kappa shape index (κ3) is 3.73. The zero-order valence-electron chi connectivity index (χ0n) is 13.9. The molecular weight excluding hydrogens is 372 g/mol. The number of carbonyl (C=O) groups is 1. The first-order chi connectivity index (χ1) is 11.5. The van der Waals surface area contributed by atoms with Crippen LogP contribution in [0, 0.1) is 5.41 Å². The van der Waals surface area contributed by atoms with Crippen molar-refractivity contribution in [2.45, 2.75) is 25.9 Å². The molecule has 1 saturated carbocycles. The molecule has 0 amide bonds. The van der Waals surface area contributed by atoms with Crippen LogP contribution >= 0.6 is 15.9 Å². The number of benzene rings is 2. The zero-order chi connectivity index (χ0) is 17.2. The Bertz CT molecular complexity index is 737. The monoisotopic (exact) mass is 392 g/mol. The minimum absolute atomic E-state index is 0.117. The molecule has 5 heteroatoms. The third-order valence-electron chi connectivity index (χ3n) is 4.51. The Labute approximate surface area is 150 Å². The molecule has 2 aromatic carbocycles. The van der Waals surface area contributed by atoms with Gasteiger partial charge >= 0.3 is 5.97 Å². The molecular formula is C19H21BrO4. The lowest BCUT2D eigenvalue weighted by atomic mass is 9.68. The summed E-state index contributed by atoms with van der Waals surface area (Å²) in [6.07, 6.45) is 1.54. The summed E-state index contributed by atoms with van der Waals surface area (Å²) in [6, 6.07) is 12.2. The molecule has 1 fully saturated rings. The van der Waals surface area contributed by atoms with Crippen LogP contribution in [-0.2, 0) is 14.3 Å². The van der Waals surface area contributed by atoms with Crippen LogP contribution in [0.1, 0.15) is 19.8 Å². The molecule has 0 radical (unpaired) electrons. The van der Waals surface area contributed by atoms with Gasteiger partial charge in [0.15, 0.2) is 0 Å². The number of hydrogen-bond donors (Lipinski definition) is 0. The van der Waals surface area contributed by atoms with E-state index in [0.717, 1.165) is 15.6 Å². The Morgan fingerprint density at radius 3 is 2.62 bits per heavy atom. The molecule has 0 saturated heterocycles. The van der Waals surface area contributed by atoms with Crippen LogP contribution in [0.3, 0.4) is 0 Å². The van der Waals surface area contributed by atoms with Gasteiger partial charge in [-0.2, -0.15) is 0 Å². The fraction of sp³-hybridized carbons (Fsp3) is 0.421. The molecule has 0 N–H and O–H groups in total. The maximum absolute atomic E-state index is 11.6. The Morgan fingerprint density at radius 2 is 1.88 bits per heavy atom.